The van der Waals surface area contributed by atoms with E-state index in [0.29, 0.717) is 16.5 Å². The van der Waals surface area contributed by atoms with E-state index in [0.717, 1.165) is 6.07 Å². The number of carbonyl (C=O) groups is 1. The second-order valence-electron chi connectivity index (χ2n) is 3.81. The fourth-order valence-electron chi connectivity index (χ4n) is 1.60. The lowest BCUT2D eigenvalue weighted by Crippen LogP contribution is -2.12. The van der Waals surface area contributed by atoms with Crippen molar-refractivity contribution >= 4 is 23.2 Å². The lowest BCUT2D eigenvalue weighted by Gasteiger charge is -2.10. The maximum absolute atomic E-state index is 13.1. The molecule has 0 fully saturated rings. The molecular formula is C14H11ClFNO2. The van der Waals surface area contributed by atoms with Crippen molar-refractivity contribution in [1.82, 2.24) is 0 Å². The molecule has 0 aliphatic heterocycles. The van der Waals surface area contributed by atoms with Gasteiger partial charge in [0.05, 0.1) is 12.8 Å². The van der Waals surface area contributed by atoms with Crippen molar-refractivity contribution in [1.29, 1.82) is 0 Å². The van der Waals surface area contributed by atoms with Gasteiger partial charge < -0.3 is 10.1 Å². The number of methoxy groups -OCH3 is 1. The maximum Gasteiger partial charge on any atom is 0.255 e. The highest BCUT2D eigenvalue weighted by atomic mass is 35.5. The minimum atomic E-state index is -0.467. The van der Waals surface area contributed by atoms with Crippen LogP contribution in [0.4, 0.5) is 10.1 Å². The Morgan fingerprint density at radius 1 is 1.26 bits per heavy atom. The summed E-state index contributed by atoms with van der Waals surface area (Å²) in [5.74, 6) is -0.417. The molecule has 2 aromatic carbocycles. The molecule has 0 bridgehead atoms. The molecule has 0 atom stereocenters. The predicted molar refractivity (Wildman–Crippen MR) is 72.4 cm³/mol. The van der Waals surface area contributed by atoms with Crippen molar-refractivity contribution in [3.05, 3.63) is 58.9 Å². The van der Waals surface area contributed by atoms with E-state index in [4.69, 9.17) is 16.3 Å². The Morgan fingerprint density at radius 3 is 2.74 bits per heavy atom. The number of rotatable bonds is 3. The third-order valence-corrected chi connectivity index (χ3v) is 2.73. The minimum Gasteiger partial charge on any atom is -0.495 e. The molecule has 0 aliphatic carbocycles. The van der Waals surface area contributed by atoms with E-state index in [9.17, 15) is 9.18 Å². The van der Waals surface area contributed by atoms with Gasteiger partial charge in [0, 0.05) is 10.6 Å². The van der Waals surface area contributed by atoms with Crippen LogP contribution in [-0.2, 0) is 0 Å². The number of hydrogen-bond donors (Lipinski definition) is 1. The molecule has 0 saturated heterocycles. The first-order chi connectivity index (χ1) is 9.10. The molecule has 0 unspecified atom stereocenters. The van der Waals surface area contributed by atoms with Gasteiger partial charge in [0.15, 0.2) is 0 Å². The molecule has 2 aromatic rings. The predicted octanol–water partition coefficient (Wildman–Crippen LogP) is 3.74. The van der Waals surface area contributed by atoms with Gasteiger partial charge in [-0.2, -0.15) is 0 Å². The molecule has 2 rings (SSSR count). The van der Waals surface area contributed by atoms with Gasteiger partial charge in [0.2, 0.25) is 0 Å². The van der Waals surface area contributed by atoms with Crippen LogP contribution in [0.3, 0.4) is 0 Å². The van der Waals surface area contributed by atoms with E-state index in [-0.39, 0.29) is 5.56 Å². The average Bonchev–Trinajstić information content (AvgIpc) is 2.39. The Kier molecular flexibility index (Phi) is 4.02. The average molecular weight is 280 g/mol. The van der Waals surface area contributed by atoms with Crippen LogP contribution in [-0.4, -0.2) is 13.0 Å². The number of ether oxygens (including phenoxy) is 1. The van der Waals surface area contributed by atoms with Crippen LogP contribution < -0.4 is 10.1 Å². The second kappa shape index (κ2) is 5.71. The van der Waals surface area contributed by atoms with Gasteiger partial charge in [-0.1, -0.05) is 17.7 Å². The highest BCUT2D eigenvalue weighted by Gasteiger charge is 2.10. The highest BCUT2D eigenvalue weighted by molar-refractivity contribution is 6.31. The van der Waals surface area contributed by atoms with Crippen LogP contribution in [0.25, 0.3) is 0 Å². The molecule has 19 heavy (non-hydrogen) atoms. The van der Waals surface area contributed by atoms with Gasteiger partial charge in [0.1, 0.15) is 11.6 Å². The van der Waals surface area contributed by atoms with E-state index >= 15 is 0 Å². The van der Waals surface area contributed by atoms with Crippen molar-refractivity contribution in [2.45, 2.75) is 0 Å². The van der Waals surface area contributed by atoms with Crippen LogP contribution in [0, 0.1) is 5.82 Å². The first kappa shape index (κ1) is 13.4. The van der Waals surface area contributed by atoms with E-state index in [1.165, 1.54) is 25.3 Å². The van der Waals surface area contributed by atoms with Gasteiger partial charge >= 0.3 is 0 Å². The van der Waals surface area contributed by atoms with Crippen molar-refractivity contribution in [3.63, 3.8) is 0 Å². The third-order valence-electron chi connectivity index (χ3n) is 2.50. The fraction of sp³-hybridized carbons (Fsp3) is 0.0714. The van der Waals surface area contributed by atoms with Crippen LogP contribution in [0.2, 0.25) is 5.02 Å². The number of anilines is 1. The molecule has 5 heteroatoms. The van der Waals surface area contributed by atoms with Crippen molar-refractivity contribution in [3.8, 4) is 5.75 Å². The number of benzene rings is 2. The molecule has 3 nitrogen and oxygen atoms in total. The monoisotopic (exact) mass is 279 g/mol. The number of hydrogen-bond acceptors (Lipinski definition) is 2. The van der Waals surface area contributed by atoms with E-state index < -0.39 is 11.7 Å². The molecule has 0 saturated carbocycles. The van der Waals surface area contributed by atoms with Crippen molar-refractivity contribution in [2.24, 2.45) is 0 Å². The molecule has 0 aromatic heterocycles. The minimum absolute atomic E-state index is 0.224. The topological polar surface area (TPSA) is 38.3 Å². The summed E-state index contributed by atoms with van der Waals surface area (Å²) in [5, 5.41) is 3.10. The fourth-order valence-corrected chi connectivity index (χ4v) is 1.77. The molecule has 0 spiro atoms. The third kappa shape index (κ3) is 3.23. The lowest BCUT2D eigenvalue weighted by molar-refractivity contribution is 0.102. The standard InChI is InChI=1S/C14H11ClFNO2/c1-19-13-6-5-10(15)8-12(13)17-14(18)9-3-2-4-11(16)7-9/h2-8H,1H3,(H,17,18). The van der Waals surface area contributed by atoms with Crippen LogP contribution in [0.5, 0.6) is 5.75 Å². The Hall–Kier alpha value is -2.07. The summed E-state index contributed by atoms with van der Waals surface area (Å²) in [4.78, 5) is 12.0. The summed E-state index contributed by atoms with van der Waals surface area (Å²) < 4.78 is 18.2. The lowest BCUT2D eigenvalue weighted by atomic mass is 10.2. The summed E-state index contributed by atoms with van der Waals surface area (Å²) in [6, 6.07) is 10.3. The Balaban J connectivity index is 2.26. The Labute approximate surface area is 115 Å². The van der Waals surface area contributed by atoms with Gasteiger partial charge in [0.25, 0.3) is 5.91 Å². The summed E-state index contributed by atoms with van der Waals surface area (Å²) in [6.45, 7) is 0. The number of amides is 1. The van der Waals surface area contributed by atoms with Crippen LogP contribution in [0.1, 0.15) is 10.4 Å². The summed E-state index contributed by atoms with van der Waals surface area (Å²) in [7, 11) is 1.49. The van der Waals surface area contributed by atoms with E-state index in [1.807, 2.05) is 0 Å². The van der Waals surface area contributed by atoms with Gasteiger partial charge in [-0.15, -0.1) is 0 Å². The first-order valence-electron chi connectivity index (χ1n) is 5.50. The first-order valence-corrected chi connectivity index (χ1v) is 5.88. The summed E-state index contributed by atoms with van der Waals surface area (Å²) in [5.41, 5.74) is 0.659. The molecule has 98 valence electrons. The zero-order chi connectivity index (χ0) is 13.8. The van der Waals surface area contributed by atoms with Gasteiger partial charge in [-0.3, -0.25) is 4.79 Å². The summed E-state index contributed by atoms with van der Waals surface area (Å²) >= 11 is 5.86. The van der Waals surface area contributed by atoms with E-state index in [1.54, 1.807) is 18.2 Å². The Bertz CT molecular complexity index is 616. The van der Waals surface area contributed by atoms with Gasteiger partial charge in [-0.05, 0) is 36.4 Å². The molecule has 0 radical (unpaired) electrons. The zero-order valence-electron chi connectivity index (χ0n) is 10.1. The number of nitrogens with one attached hydrogen (secondary N) is 1. The van der Waals surface area contributed by atoms with Crippen molar-refractivity contribution < 1.29 is 13.9 Å². The molecule has 0 heterocycles. The maximum atomic E-state index is 13.1. The molecule has 1 amide bonds. The molecular weight excluding hydrogens is 269 g/mol. The van der Waals surface area contributed by atoms with Crippen LogP contribution in [0.15, 0.2) is 42.5 Å². The highest BCUT2D eigenvalue weighted by Crippen LogP contribution is 2.28. The number of halogens is 2. The van der Waals surface area contributed by atoms with Crippen molar-refractivity contribution in [2.75, 3.05) is 12.4 Å². The normalized spacial score (nSPS) is 10.1. The van der Waals surface area contributed by atoms with E-state index in [2.05, 4.69) is 5.32 Å². The SMILES string of the molecule is COc1ccc(Cl)cc1NC(=O)c1cccc(F)c1. The molecule has 0 aliphatic rings. The number of carbonyl (C=O) groups excluding carboxylic acids is 1. The Morgan fingerprint density at radius 2 is 2.05 bits per heavy atom. The molecule has 1 N–H and O–H groups in total. The summed E-state index contributed by atoms with van der Waals surface area (Å²) in [6.07, 6.45) is 0. The zero-order valence-corrected chi connectivity index (χ0v) is 10.9. The van der Waals surface area contributed by atoms with Crippen LogP contribution >= 0.6 is 11.6 Å². The van der Waals surface area contributed by atoms with Gasteiger partial charge in [-0.25, -0.2) is 4.39 Å². The second-order valence-corrected chi connectivity index (χ2v) is 4.25. The largest absolute Gasteiger partial charge is 0.495 e. The smallest absolute Gasteiger partial charge is 0.255 e. The quantitative estimate of drug-likeness (QED) is 0.929.